The summed E-state index contributed by atoms with van der Waals surface area (Å²) in [4.78, 5) is 24.7. The number of nitrogens with zero attached hydrogens (tertiary/aromatic N) is 5. The molecular weight excluding hydrogens is 366 g/mol. The van der Waals surface area contributed by atoms with Crippen LogP contribution in [-0.4, -0.2) is 58.8 Å². The van der Waals surface area contributed by atoms with Crippen LogP contribution in [0.4, 0.5) is 10.6 Å². The number of anilines is 1. The Morgan fingerprint density at radius 2 is 1.93 bits per heavy atom. The number of carbonyl (C=O) groups is 1. The van der Waals surface area contributed by atoms with Crippen molar-refractivity contribution in [3.63, 3.8) is 0 Å². The van der Waals surface area contributed by atoms with Crippen LogP contribution < -0.4 is 4.90 Å². The number of rotatable bonds is 2. The number of aryl methyl sites for hydroxylation is 1. The SMILES string of the molecule is COC(=O)N1CCN(c2cc(-c3nc4ccccc4n3C)c(Cl)cn2)CC1. The molecule has 8 heteroatoms. The molecule has 1 amide bonds. The minimum absolute atomic E-state index is 0.292. The van der Waals surface area contributed by atoms with Crippen molar-refractivity contribution in [2.45, 2.75) is 0 Å². The van der Waals surface area contributed by atoms with Gasteiger partial charge in [-0.3, -0.25) is 0 Å². The number of amides is 1. The molecule has 140 valence electrons. The van der Waals surface area contributed by atoms with Crippen molar-refractivity contribution in [1.82, 2.24) is 19.4 Å². The molecule has 0 aliphatic carbocycles. The van der Waals surface area contributed by atoms with Gasteiger partial charge in [0.05, 0.1) is 23.2 Å². The topological polar surface area (TPSA) is 63.5 Å². The molecule has 1 aliphatic rings. The molecule has 0 atom stereocenters. The Morgan fingerprint density at radius 1 is 1.19 bits per heavy atom. The third kappa shape index (κ3) is 3.19. The summed E-state index contributed by atoms with van der Waals surface area (Å²) in [5.41, 5.74) is 2.82. The fourth-order valence-electron chi connectivity index (χ4n) is 3.41. The first-order valence-corrected chi connectivity index (χ1v) is 9.11. The van der Waals surface area contributed by atoms with Crippen LogP contribution in [0.3, 0.4) is 0 Å². The van der Waals surface area contributed by atoms with Gasteiger partial charge in [0.25, 0.3) is 0 Å². The van der Waals surface area contributed by atoms with Gasteiger partial charge in [0, 0.05) is 45.0 Å². The van der Waals surface area contributed by atoms with Crippen LogP contribution >= 0.6 is 11.6 Å². The second-order valence-corrected chi connectivity index (χ2v) is 6.86. The highest BCUT2D eigenvalue weighted by Gasteiger charge is 2.23. The van der Waals surface area contributed by atoms with Gasteiger partial charge in [-0.1, -0.05) is 23.7 Å². The molecule has 1 aromatic carbocycles. The molecule has 0 saturated carbocycles. The highest BCUT2D eigenvalue weighted by molar-refractivity contribution is 6.33. The number of fused-ring (bicyclic) bond motifs is 1. The number of ether oxygens (including phenoxy) is 1. The molecule has 1 fully saturated rings. The van der Waals surface area contributed by atoms with Crippen molar-refractivity contribution >= 4 is 34.5 Å². The van der Waals surface area contributed by atoms with Crippen molar-refractivity contribution in [1.29, 1.82) is 0 Å². The van der Waals surface area contributed by atoms with Crippen molar-refractivity contribution in [2.75, 3.05) is 38.2 Å². The first-order valence-electron chi connectivity index (χ1n) is 8.73. The summed E-state index contributed by atoms with van der Waals surface area (Å²) in [5.74, 6) is 1.63. The first kappa shape index (κ1) is 17.6. The summed E-state index contributed by atoms with van der Waals surface area (Å²) in [6, 6.07) is 9.96. The zero-order chi connectivity index (χ0) is 19.0. The maximum Gasteiger partial charge on any atom is 0.409 e. The second-order valence-electron chi connectivity index (χ2n) is 6.45. The number of pyridine rings is 1. The number of methoxy groups -OCH3 is 1. The molecule has 0 unspecified atom stereocenters. The number of carbonyl (C=O) groups excluding carboxylic acids is 1. The summed E-state index contributed by atoms with van der Waals surface area (Å²) in [7, 11) is 3.38. The molecule has 0 N–H and O–H groups in total. The third-order valence-corrected chi connectivity index (χ3v) is 5.21. The number of aromatic nitrogens is 3. The molecule has 3 aromatic rings. The summed E-state index contributed by atoms with van der Waals surface area (Å²) >= 11 is 6.45. The Bertz CT molecular complexity index is 995. The molecule has 7 nitrogen and oxygen atoms in total. The van der Waals surface area contributed by atoms with Crippen LogP contribution in [0.2, 0.25) is 5.02 Å². The molecule has 4 rings (SSSR count). The fourth-order valence-corrected chi connectivity index (χ4v) is 3.59. The van der Waals surface area contributed by atoms with Gasteiger partial charge in [0.1, 0.15) is 11.6 Å². The summed E-state index contributed by atoms with van der Waals surface area (Å²) in [5, 5.41) is 0.561. The smallest absolute Gasteiger partial charge is 0.409 e. The molecule has 3 heterocycles. The van der Waals surface area contributed by atoms with E-state index >= 15 is 0 Å². The van der Waals surface area contributed by atoms with Crippen molar-refractivity contribution in [2.24, 2.45) is 7.05 Å². The van der Waals surface area contributed by atoms with E-state index in [0.29, 0.717) is 31.2 Å². The van der Waals surface area contributed by atoms with Gasteiger partial charge in [-0.2, -0.15) is 0 Å². The third-order valence-electron chi connectivity index (χ3n) is 4.91. The number of hydrogen-bond acceptors (Lipinski definition) is 5. The van der Waals surface area contributed by atoms with Gasteiger partial charge in [-0.15, -0.1) is 0 Å². The molecule has 0 spiro atoms. The number of benzene rings is 1. The number of imidazole rings is 1. The van der Waals surface area contributed by atoms with Crippen LogP contribution in [0.15, 0.2) is 36.5 Å². The highest BCUT2D eigenvalue weighted by Crippen LogP contribution is 2.31. The molecular formula is C19H20ClN5O2. The molecule has 27 heavy (non-hydrogen) atoms. The number of hydrogen-bond donors (Lipinski definition) is 0. The standard InChI is InChI=1S/C19H20ClN5O2/c1-23-16-6-4-3-5-15(16)22-18(23)13-11-17(21-12-14(13)20)24-7-9-25(10-8-24)19(26)27-2/h3-6,11-12H,7-10H2,1-2H3. The number of halogens is 1. The van der Waals surface area contributed by atoms with E-state index in [1.807, 2.05) is 41.9 Å². The fraction of sp³-hybridized carbons (Fsp3) is 0.316. The number of para-hydroxylation sites is 2. The van der Waals surface area contributed by atoms with Crippen LogP contribution in [0, 0.1) is 0 Å². The highest BCUT2D eigenvalue weighted by atomic mass is 35.5. The Labute approximate surface area is 162 Å². The molecule has 0 bridgehead atoms. The average Bonchev–Trinajstić information content (AvgIpc) is 3.04. The van der Waals surface area contributed by atoms with Crippen LogP contribution in [0.1, 0.15) is 0 Å². The lowest BCUT2D eigenvalue weighted by atomic mass is 10.2. The van der Waals surface area contributed by atoms with Gasteiger partial charge in [-0.25, -0.2) is 14.8 Å². The van der Waals surface area contributed by atoms with Gasteiger partial charge < -0.3 is 19.1 Å². The van der Waals surface area contributed by atoms with Crippen LogP contribution in [-0.2, 0) is 11.8 Å². The Morgan fingerprint density at radius 3 is 2.63 bits per heavy atom. The molecule has 0 radical (unpaired) electrons. The van der Waals surface area contributed by atoms with Crippen molar-refractivity contribution in [3.05, 3.63) is 41.6 Å². The predicted molar refractivity (Wildman–Crippen MR) is 105 cm³/mol. The zero-order valence-corrected chi connectivity index (χ0v) is 16.0. The molecule has 1 aliphatic heterocycles. The Kier molecular flexibility index (Phi) is 4.61. The lowest BCUT2D eigenvalue weighted by Crippen LogP contribution is -2.49. The maximum atomic E-state index is 11.7. The maximum absolute atomic E-state index is 11.7. The summed E-state index contributed by atoms with van der Waals surface area (Å²) in [6.45, 7) is 2.56. The number of piperazine rings is 1. The van der Waals surface area contributed by atoms with Gasteiger partial charge in [0.2, 0.25) is 0 Å². The average molecular weight is 386 g/mol. The van der Waals surface area contributed by atoms with E-state index in [4.69, 9.17) is 21.3 Å². The van der Waals surface area contributed by atoms with Crippen molar-refractivity contribution in [3.8, 4) is 11.4 Å². The van der Waals surface area contributed by atoms with Crippen LogP contribution in [0.25, 0.3) is 22.4 Å². The van der Waals surface area contributed by atoms with Crippen LogP contribution in [0.5, 0.6) is 0 Å². The normalized spacial score (nSPS) is 14.6. The monoisotopic (exact) mass is 385 g/mol. The summed E-state index contributed by atoms with van der Waals surface area (Å²) in [6.07, 6.45) is 1.37. The largest absolute Gasteiger partial charge is 0.453 e. The lowest BCUT2D eigenvalue weighted by Gasteiger charge is -2.34. The zero-order valence-electron chi connectivity index (χ0n) is 15.2. The molecule has 1 saturated heterocycles. The van der Waals surface area contributed by atoms with Crippen molar-refractivity contribution < 1.29 is 9.53 Å². The van der Waals surface area contributed by atoms with Gasteiger partial charge in [0.15, 0.2) is 0 Å². The quantitative estimate of drug-likeness (QED) is 0.678. The van der Waals surface area contributed by atoms with E-state index in [9.17, 15) is 4.79 Å². The van der Waals surface area contributed by atoms with E-state index < -0.39 is 0 Å². The van der Waals surface area contributed by atoms with E-state index in [0.717, 1.165) is 28.2 Å². The van der Waals surface area contributed by atoms with E-state index in [2.05, 4.69) is 9.88 Å². The van der Waals surface area contributed by atoms with Gasteiger partial charge >= 0.3 is 6.09 Å². The Balaban J connectivity index is 1.64. The van der Waals surface area contributed by atoms with E-state index in [1.165, 1.54) is 7.11 Å². The van der Waals surface area contributed by atoms with E-state index in [1.54, 1.807) is 11.1 Å². The second kappa shape index (κ2) is 7.08. The Hall–Kier alpha value is -2.80. The molecule has 2 aromatic heterocycles. The first-order chi connectivity index (χ1) is 13.1. The van der Waals surface area contributed by atoms with Gasteiger partial charge in [-0.05, 0) is 18.2 Å². The summed E-state index contributed by atoms with van der Waals surface area (Å²) < 4.78 is 6.83. The van der Waals surface area contributed by atoms with E-state index in [-0.39, 0.29) is 6.09 Å². The lowest BCUT2D eigenvalue weighted by molar-refractivity contribution is 0.121. The minimum Gasteiger partial charge on any atom is -0.453 e. The predicted octanol–water partition coefficient (Wildman–Crippen LogP) is 3.18. The minimum atomic E-state index is -0.292.